The van der Waals surface area contributed by atoms with Crippen molar-refractivity contribution in [1.29, 1.82) is 0 Å². The van der Waals surface area contributed by atoms with Crippen molar-refractivity contribution in [3.8, 4) is 0 Å². The monoisotopic (exact) mass is 423 g/mol. The van der Waals surface area contributed by atoms with Crippen molar-refractivity contribution < 1.29 is 19.8 Å². The van der Waals surface area contributed by atoms with Crippen LogP contribution in [0.5, 0.6) is 0 Å². The fourth-order valence-corrected chi connectivity index (χ4v) is 7.20. The third kappa shape index (κ3) is 3.62. The maximum absolute atomic E-state index is 12.5. The molecule has 6 atom stereocenters. The number of nitrogens with zero attached hydrogens (tertiary/aromatic N) is 2. The molecule has 0 radical (unpaired) electrons. The second-order valence-electron chi connectivity index (χ2n) is 9.03. The van der Waals surface area contributed by atoms with E-state index in [0.717, 1.165) is 24.4 Å². The molecule has 29 heavy (non-hydrogen) atoms. The van der Waals surface area contributed by atoms with Crippen LogP contribution in [0, 0.1) is 17.8 Å². The molecular weight excluding hydrogens is 390 g/mol. The van der Waals surface area contributed by atoms with E-state index in [1.807, 2.05) is 6.92 Å². The minimum Gasteiger partial charge on any atom is -0.477 e. The van der Waals surface area contributed by atoms with Gasteiger partial charge in [0, 0.05) is 28.7 Å². The number of likely N-dealkylation sites (tertiary alicyclic amines) is 1. The minimum absolute atomic E-state index is 0.0461. The Morgan fingerprint density at radius 1 is 1.34 bits per heavy atom. The summed E-state index contributed by atoms with van der Waals surface area (Å²) in [7, 11) is 0. The van der Waals surface area contributed by atoms with Crippen LogP contribution in [-0.2, 0) is 9.59 Å². The zero-order valence-electron chi connectivity index (χ0n) is 17.5. The topological polar surface area (TPSA) is 93.1 Å². The number of carboxylic acids is 1. The van der Waals surface area contributed by atoms with Gasteiger partial charge in [0.2, 0.25) is 5.91 Å². The molecule has 7 nitrogen and oxygen atoms in total. The number of carbonyl (C=O) groups is 2. The number of aliphatic carboxylic acids is 1. The van der Waals surface area contributed by atoms with Gasteiger partial charge in [-0.2, -0.15) is 0 Å². The van der Waals surface area contributed by atoms with E-state index in [0.29, 0.717) is 17.2 Å². The predicted octanol–water partition coefficient (Wildman–Crippen LogP) is 1.34. The summed E-state index contributed by atoms with van der Waals surface area (Å²) in [5, 5.41) is 23.8. The average Bonchev–Trinajstić information content (AvgIpc) is 3.24. The highest BCUT2D eigenvalue weighted by Gasteiger charge is 2.60. The summed E-state index contributed by atoms with van der Waals surface area (Å²) >= 11 is 1.65. The van der Waals surface area contributed by atoms with Crippen LogP contribution in [-0.4, -0.2) is 81.5 Å². The number of aliphatic hydroxyl groups excluding tert-OH is 1. The van der Waals surface area contributed by atoms with Crippen LogP contribution in [0.4, 0.5) is 0 Å². The van der Waals surface area contributed by atoms with Crippen molar-refractivity contribution in [1.82, 2.24) is 15.1 Å². The lowest BCUT2D eigenvalue weighted by atomic mass is 9.79. The van der Waals surface area contributed by atoms with Crippen molar-refractivity contribution in [3.05, 3.63) is 10.6 Å². The molecule has 0 aromatic carbocycles. The highest BCUT2D eigenvalue weighted by atomic mass is 32.2. The number of amides is 1. The van der Waals surface area contributed by atoms with Gasteiger partial charge in [0.1, 0.15) is 5.70 Å². The fraction of sp³-hybridized carbons (Fsp3) is 0.810. The summed E-state index contributed by atoms with van der Waals surface area (Å²) in [6, 6.07) is 0.278. The molecule has 162 valence electrons. The summed E-state index contributed by atoms with van der Waals surface area (Å²) in [6.07, 6.45) is 2.74. The average molecular weight is 424 g/mol. The Hall–Kier alpha value is -1.09. The van der Waals surface area contributed by atoms with Crippen molar-refractivity contribution in [2.45, 2.75) is 63.5 Å². The van der Waals surface area contributed by atoms with Gasteiger partial charge in [0.15, 0.2) is 0 Å². The van der Waals surface area contributed by atoms with E-state index in [2.05, 4.69) is 17.1 Å². The lowest BCUT2D eigenvalue weighted by Gasteiger charge is -2.46. The molecule has 3 N–H and O–H groups in total. The maximum atomic E-state index is 12.5. The zero-order chi connectivity index (χ0) is 20.9. The van der Waals surface area contributed by atoms with E-state index in [4.69, 9.17) is 0 Å². The van der Waals surface area contributed by atoms with E-state index in [1.54, 1.807) is 18.7 Å². The van der Waals surface area contributed by atoms with Gasteiger partial charge in [-0.15, -0.1) is 11.8 Å². The largest absolute Gasteiger partial charge is 0.477 e. The lowest BCUT2D eigenvalue weighted by Crippen LogP contribution is -2.63. The molecule has 0 aromatic rings. The summed E-state index contributed by atoms with van der Waals surface area (Å²) in [5.74, 6) is -1.13. The van der Waals surface area contributed by atoms with Crippen molar-refractivity contribution in [2.24, 2.45) is 17.8 Å². The van der Waals surface area contributed by atoms with Gasteiger partial charge in [-0.25, -0.2) is 4.79 Å². The Bertz CT molecular complexity index is 704. The first-order valence-electron chi connectivity index (χ1n) is 10.9. The van der Waals surface area contributed by atoms with Gasteiger partial charge >= 0.3 is 5.97 Å². The third-order valence-electron chi connectivity index (χ3n) is 7.38. The van der Waals surface area contributed by atoms with Crippen LogP contribution in [0.15, 0.2) is 10.6 Å². The number of carboxylic acid groups (broad SMARTS) is 1. The van der Waals surface area contributed by atoms with Gasteiger partial charge in [0.05, 0.1) is 18.1 Å². The molecule has 0 spiro atoms. The van der Waals surface area contributed by atoms with E-state index >= 15 is 0 Å². The standard InChI is InChI=1S/C21H33N3O4S/c1-4-23-7-5-13(6-8-23)15-9-14(10-22-15)29-19-11(2)17-16(12(3)25)20(26)24(17)18(19)21(27)28/h11-17,22,25H,4-10H2,1-3H3,(H,27,28)/t11-,12-,14+,15+,16-,17-/m1/s1. The van der Waals surface area contributed by atoms with Gasteiger partial charge in [-0.1, -0.05) is 13.8 Å². The molecule has 4 aliphatic heterocycles. The first-order chi connectivity index (χ1) is 13.8. The first kappa shape index (κ1) is 21.2. The smallest absolute Gasteiger partial charge is 0.353 e. The van der Waals surface area contributed by atoms with E-state index in [1.165, 1.54) is 30.8 Å². The summed E-state index contributed by atoms with van der Waals surface area (Å²) in [4.78, 5) is 29.2. The molecule has 3 fully saturated rings. The summed E-state index contributed by atoms with van der Waals surface area (Å²) in [5.41, 5.74) is 0.147. The van der Waals surface area contributed by atoms with Crippen LogP contribution in [0.1, 0.15) is 40.0 Å². The number of aliphatic hydroxyl groups is 1. The van der Waals surface area contributed by atoms with Crippen molar-refractivity contribution >= 4 is 23.6 Å². The Balaban J connectivity index is 1.43. The number of β-lactam (4-membered cyclic amide) rings is 1. The second-order valence-corrected chi connectivity index (χ2v) is 10.4. The molecule has 0 unspecified atom stereocenters. The highest BCUT2D eigenvalue weighted by molar-refractivity contribution is 8.03. The normalized spacial score (nSPS) is 37.0. The number of thioether (sulfide) groups is 1. The molecule has 0 aromatic heterocycles. The van der Waals surface area contributed by atoms with Crippen molar-refractivity contribution in [3.63, 3.8) is 0 Å². The molecule has 0 bridgehead atoms. The Kier molecular flexibility index (Phi) is 5.99. The van der Waals surface area contributed by atoms with Crippen LogP contribution in [0.2, 0.25) is 0 Å². The Morgan fingerprint density at radius 3 is 2.62 bits per heavy atom. The molecule has 1 amide bonds. The molecule has 4 rings (SSSR count). The lowest BCUT2D eigenvalue weighted by molar-refractivity contribution is -0.163. The molecule has 3 saturated heterocycles. The molecule has 8 heteroatoms. The minimum atomic E-state index is -1.03. The first-order valence-corrected chi connectivity index (χ1v) is 11.8. The number of fused-ring (bicyclic) bond motifs is 1. The fourth-order valence-electron chi connectivity index (χ4n) is 5.71. The SMILES string of the molecule is CCN1CCC([C@@H]2C[C@H](SC3=C(C(=O)O)N4C(=O)[C@H]([C@@H](C)O)[C@H]4[C@H]3C)CN2)CC1. The summed E-state index contributed by atoms with van der Waals surface area (Å²) in [6.45, 7) is 10.2. The van der Waals surface area contributed by atoms with Gasteiger partial charge in [-0.3, -0.25) is 4.79 Å². The van der Waals surface area contributed by atoms with E-state index < -0.39 is 18.0 Å². The highest BCUT2D eigenvalue weighted by Crippen LogP contribution is 2.52. The Morgan fingerprint density at radius 2 is 2.03 bits per heavy atom. The molecular formula is C21H33N3O4S. The molecule has 0 saturated carbocycles. The maximum Gasteiger partial charge on any atom is 0.353 e. The molecule has 4 heterocycles. The zero-order valence-corrected chi connectivity index (χ0v) is 18.3. The number of piperidine rings is 1. The van der Waals surface area contributed by atoms with E-state index in [-0.39, 0.29) is 23.6 Å². The van der Waals surface area contributed by atoms with Crippen LogP contribution >= 0.6 is 11.8 Å². The van der Waals surface area contributed by atoms with Crippen LogP contribution < -0.4 is 5.32 Å². The molecule has 4 aliphatic rings. The van der Waals surface area contributed by atoms with Crippen molar-refractivity contribution in [2.75, 3.05) is 26.2 Å². The number of nitrogens with one attached hydrogen (secondary N) is 1. The number of rotatable bonds is 6. The molecule has 0 aliphatic carbocycles. The van der Waals surface area contributed by atoms with Gasteiger partial charge in [0.25, 0.3) is 0 Å². The number of hydrogen-bond donors (Lipinski definition) is 3. The van der Waals surface area contributed by atoms with Gasteiger partial charge in [-0.05, 0) is 51.7 Å². The van der Waals surface area contributed by atoms with Crippen LogP contribution in [0.25, 0.3) is 0 Å². The third-order valence-corrected chi connectivity index (χ3v) is 8.89. The van der Waals surface area contributed by atoms with Crippen LogP contribution in [0.3, 0.4) is 0 Å². The van der Waals surface area contributed by atoms with Gasteiger partial charge < -0.3 is 25.3 Å². The number of hydrogen-bond acceptors (Lipinski definition) is 6. The predicted molar refractivity (Wildman–Crippen MR) is 112 cm³/mol. The number of carbonyl (C=O) groups excluding carboxylic acids is 1. The Labute approximate surface area is 176 Å². The van der Waals surface area contributed by atoms with E-state index in [9.17, 15) is 19.8 Å². The quantitative estimate of drug-likeness (QED) is 0.555. The second kappa shape index (κ2) is 8.21. The summed E-state index contributed by atoms with van der Waals surface area (Å²) < 4.78 is 0.